The summed E-state index contributed by atoms with van der Waals surface area (Å²) in [7, 11) is 0. The molecule has 7 nitrogen and oxygen atoms in total. The first-order valence-electron chi connectivity index (χ1n) is 9.82. The second-order valence-electron chi connectivity index (χ2n) is 7.12. The number of morpholine rings is 1. The van der Waals surface area contributed by atoms with Gasteiger partial charge >= 0.3 is 5.97 Å². The maximum absolute atomic E-state index is 13.0. The third-order valence-electron chi connectivity index (χ3n) is 5.32. The summed E-state index contributed by atoms with van der Waals surface area (Å²) in [6.45, 7) is 5.38. The van der Waals surface area contributed by atoms with E-state index in [-0.39, 0.29) is 31.4 Å². The van der Waals surface area contributed by atoms with Crippen LogP contribution in [0.15, 0.2) is 29.5 Å². The van der Waals surface area contributed by atoms with Gasteiger partial charge in [-0.05, 0) is 31.5 Å². The van der Waals surface area contributed by atoms with E-state index in [0.29, 0.717) is 53.2 Å². The molecule has 0 N–H and O–H groups in total. The van der Waals surface area contributed by atoms with Crippen molar-refractivity contribution in [3.63, 3.8) is 0 Å². The maximum atomic E-state index is 13.0. The number of hydrogen-bond donors (Lipinski definition) is 0. The van der Waals surface area contributed by atoms with Crippen molar-refractivity contribution in [2.75, 3.05) is 39.5 Å². The molecule has 1 saturated heterocycles. The van der Waals surface area contributed by atoms with Crippen LogP contribution < -0.4 is 0 Å². The minimum absolute atomic E-state index is 0.0276. The molecule has 1 aromatic carbocycles. The van der Waals surface area contributed by atoms with E-state index in [9.17, 15) is 14.4 Å². The zero-order chi connectivity index (χ0) is 21.8. The van der Waals surface area contributed by atoms with Gasteiger partial charge in [0, 0.05) is 31.1 Å². The number of amides is 2. The van der Waals surface area contributed by atoms with E-state index < -0.39 is 11.9 Å². The molecular weight excluding hydrogens is 431 g/mol. The van der Waals surface area contributed by atoms with E-state index in [1.54, 1.807) is 36.9 Å². The molecule has 0 aliphatic carbocycles. The molecule has 162 valence electrons. The van der Waals surface area contributed by atoms with E-state index in [4.69, 9.17) is 32.7 Å². The third kappa shape index (κ3) is 4.79. The Bertz CT molecular complexity index is 880. The van der Waals surface area contributed by atoms with E-state index >= 15 is 0 Å². The van der Waals surface area contributed by atoms with E-state index in [1.807, 2.05) is 0 Å². The molecule has 0 spiro atoms. The summed E-state index contributed by atoms with van der Waals surface area (Å²) >= 11 is 12.2. The van der Waals surface area contributed by atoms with Crippen molar-refractivity contribution in [3.05, 3.63) is 45.1 Å². The number of esters is 1. The summed E-state index contributed by atoms with van der Waals surface area (Å²) in [5.41, 5.74) is 1.46. The summed E-state index contributed by atoms with van der Waals surface area (Å²) in [6.07, 6.45) is 0.0276. The first kappa shape index (κ1) is 22.6. The number of halogens is 2. The Labute approximate surface area is 185 Å². The predicted octanol–water partition coefficient (Wildman–Crippen LogP) is 3.01. The normalized spacial score (nSPS) is 19.9. The fourth-order valence-corrected chi connectivity index (χ4v) is 4.05. The van der Waals surface area contributed by atoms with E-state index in [0.717, 1.165) is 0 Å². The smallest absolute Gasteiger partial charge is 0.336 e. The molecule has 30 heavy (non-hydrogen) atoms. The first-order valence-corrected chi connectivity index (χ1v) is 10.6. The van der Waals surface area contributed by atoms with Crippen molar-refractivity contribution in [2.24, 2.45) is 0 Å². The van der Waals surface area contributed by atoms with Crippen molar-refractivity contribution in [2.45, 2.75) is 26.2 Å². The second-order valence-corrected chi connectivity index (χ2v) is 7.94. The number of carbonyl (C=O) groups is 3. The molecule has 1 aromatic rings. The van der Waals surface area contributed by atoms with Gasteiger partial charge in [0.1, 0.15) is 6.54 Å². The SMILES string of the molecule is CCOC(=O)C1=C(C)N(CC(=O)N2CCOCC2)C(=O)CC1c1ccc(Cl)c(Cl)c1. The summed E-state index contributed by atoms with van der Waals surface area (Å²) in [5, 5.41) is 0.728. The summed E-state index contributed by atoms with van der Waals surface area (Å²) in [4.78, 5) is 41.5. The van der Waals surface area contributed by atoms with Crippen molar-refractivity contribution in [3.8, 4) is 0 Å². The molecule has 0 radical (unpaired) electrons. The van der Waals surface area contributed by atoms with Crippen molar-refractivity contribution in [1.82, 2.24) is 9.80 Å². The van der Waals surface area contributed by atoms with Gasteiger partial charge in [-0.2, -0.15) is 0 Å². The molecule has 3 rings (SSSR count). The summed E-state index contributed by atoms with van der Waals surface area (Å²) < 4.78 is 10.5. The quantitative estimate of drug-likeness (QED) is 0.639. The molecule has 1 unspecified atom stereocenters. The largest absolute Gasteiger partial charge is 0.463 e. The fraction of sp³-hybridized carbons (Fsp3) is 0.476. The second kappa shape index (κ2) is 9.81. The minimum Gasteiger partial charge on any atom is -0.463 e. The molecule has 0 aromatic heterocycles. The van der Waals surface area contributed by atoms with Crippen molar-refractivity contribution >= 4 is 41.0 Å². The number of ether oxygens (including phenoxy) is 2. The highest BCUT2D eigenvalue weighted by atomic mass is 35.5. The summed E-state index contributed by atoms with van der Waals surface area (Å²) in [5.74, 6) is -1.45. The molecule has 1 atom stereocenters. The van der Waals surface area contributed by atoms with Gasteiger partial charge in [-0.1, -0.05) is 29.3 Å². The van der Waals surface area contributed by atoms with Crippen LogP contribution >= 0.6 is 23.2 Å². The van der Waals surface area contributed by atoms with Crippen LogP contribution in [0.1, 0.15) is 31.7 Å². The molecule has 2 amide bonds. The number of benzene rings is 1. The topological polar surface area (TPSA) is 76.2 Å². The standard InChI is InChI=1S/C21H24Cl2N2O5/c1-3-30-21(28)20-13(2)25(12-19(27)24-6-8-29-9-7-24)18(26)11-15(20)14-4-5-16(22)17(23)10-14/h4-5,10,15H,3,6-9,11-12H2,1-2H3. The highest BCUT2D eigenvalue weighted by molar-refractivity contribution is 6.42. The molecule has 9 heteroatoms. The summed E-state index contributed by atoms with van der Waals surface area (Å²) in [6, 6.07) is 5.03. The molecule has 2 aliphatic heterocycles. The fourth-order valence-electron chi connectivity index (χ4n) is 3.74. The van der Waals surface area contributed by atoms with Gasteiger partial charge in [0.25, 0.3) is 0 Å². The highest BCUT2D eigenvalue weighted by Gasteiger charge is 2.38. The molecular formula is C21H24Cl2N2O5. The number of hydrogen-bond acceptors (Lipinski definition) is 5. The van der Waals surface area contributed by atoms with Gasteiger partial charge < -0.3 is 19.3 Å². The molecule has 2 heterocycles. The lowest BCUT2D eigenvalue weighted by Gasteiger charge is -2.36. The van der Waals surface area contributed by atoms with Crippen LogP contribution in [0.4, 0.5) is 0 Å². The minimum atomic E-state index is -0.527. The Morgan fingerprint density at radius 2 is 1.90 bits per heavy atom. The van der Waals surface area contributed by atoms with Crippen LogP contribution in [0.2, 0.25) is 10.0 Å². The van der Waals surface area contributed by atoms with Crippen molar-refractivity contribution < 1.29 is 23.9 Å². The average molecular weight is 455 g/mol. The first-order chi connectivity index (χ1) is 14.3. The zero-order valence-electron chi connectivity index (χ0n) is 17.0. The van der Waals surface area contributed by atoms with Gasteiger partial charge in [-0.3, -0.25) is 9.59 Å². The van der Waals surface area contributed by atoms with Gasteiger partial charge in [0.15, 0.2) is 0 Å². The van der Waals surface area contributed by atoms with Gasteiger partial charge in [-0.15, -0.1) is 0 Å². The lowest BCUT2D eigenvalue weighted by molar-refractivity contribution is -0.144. The van der Waals surface area contributed by atoms with Gasteiger partial charge in [0.2, 0.25) is 11.8 Å². The van der Waals surface area contributed by atoms with Crippen LogP contribution in [0.25, 0.3) is 0 Å². The average Bonchev–Trinajstić information content (AvgIpc) is 2.73. The monoisotopic (exact) mass is 454 g/mol. The van der Waals surface area contributed by atoms with Crippen LogP contribution in [0.5, 0.6) is 0 Å². The Balaban J connectivity index is 1.94. The van der Waals surface area contributed by atoms with Crippen LogP contribution in [0.3, 0.4) is 0 Å². The molecule has 0 bridgehead atoms. The number of rotatable bonds is 5. The van der Waals surface area contributed by atoms with Crippen LogP contribution in [0, 0.1) is 0 Å². The predicted molar refractivity (Wildman–Crippen MR) is 112 cm³/mol. The molecule has 0 saturated carbocycles. The van der Waals surface area contributed by atoms with E-state index in [2.05, 4.69) is 0 Å². The lowest BCUT2D eigenvalue weighted by atomic mass is 9.83. The van der Waals surface area contributed by atoms with Gasteiger partial charge in [-0.25, -0.2) is 4.79 Å². The number of allylic oxidation sites excluding steroid dienone is 1. The highest BCUT2D eigenvalue weighted by Crippen LogP contribution is 2.39. The number of nitrogens with zero attached hydrogens (tertiary/aromatic N) is 2. The lowest BCUT2D eigenvalue weighted by Crippen LogP contribution is -2.48. The van der Waals surface area contributed by atoms with Crippen LogP contribution in [-0.4, -0.2) is 67.0 Å². The molecule has 1 fully saturated rings. The zero-order valence-corrected chi connectivity index (χ0v) is 18.5. The van der Waals surface area contributed by atoms with Gasteiger partial charge in [0.05, 0.1) is 35.4 Å². The van der Waals surface area contributed by atoms with Crippen LogP contribution in [-0.2, 0) is 23.9 Å². The Kier molecular flexibility index (Phi) is 7.39. The molecule has 2 aliphatic rings. The maximum Gasteiger partial charge on any atom is 0.336 e. The number of carbonyl (C=O) groups excluding carboxylic acids is 3. The Hall–Kier alpha value is -2.09. The Morgan fingerprint density at radius 1 is 1.20 bits per heavy atom. The van der Waals surface area contributed by atoms with Crippen molar-refractivity contribution in [1.29, 1.82) is 0 Å². The third-order valence-corrected chi connectivity index (χ3v) is 6.06. The van der Waals surface area contributed by atoms with E-state index in [1.165, 1.54) is 4.90 Å². The Morgan fingerprint density at radius 3 is 2.53 bits per heavy atom.